The van der Waals surface area contributed by atoms with Crippen LogP contribution >= 0.6 is 0 Å². The van der Waals surface area contributed by atoms with E-state index in [1.807, 2.05) is 30.3 Å². The Balaban J connectivity index is 1.60. The third-order valence-electron chi connectivity index (χ3n) is 5.78. The monoisotopic (exact) mass is 464 g/mol. The van der Waals surface area contributed by atoms with Crippen LogP contribution in [0, 0.1) is 5.82 Å². The molecule has 1 fully saturated rings. The van der Waals surface area contributed by atoms with Crippen molar-refractivity contribution in [1.82, 2.24) is 10.2 Å². The molecule has 0 bridgehead atoms. The number of amides is 1. The first-order valence-electron chi connectivity index (χ1n) is 10.6. The lowest BCUT2D eigenvalue weighted by Gasteiger charge is -2.42. The van der Waals surface area contributed by atoms with E-state index in [9.17, 15) is 22.4 Å². The maximum atomic E-state index is 14.4. The van der Waals surface area contributed by atoms with Crippen LogP contribution < -0.4 is 5.32 Å². The van der Waals surface area contributed by atoms with E-state index in [1.54, 1.807) is 6.08 Å². The first-order valence-corrected chi connectivity index (χ1v) is 10.6. The maximum Gasteiger partial charge on any atom is 0.416 e. The SMILES string of the molecule is C[C@@H](O[C@H]1OCCN(CC2=CC(=O)NC2)[C@H]1c1ccccc1)c1cc(C(F)(F)F)ccc1F. The smallest absolute Gasteiger partial charge is 0.349 e. The van der Waals surface area contributed by atoms with Crippen molar-refractivity contribution in [2.24, 2.45) is 0 Å². The summed E-state index contributed by atoms with van der Waals surface area (Å²) in [6.45, 7) is 3.34. The molecule has 3 atom stereocenters. The highest BCUT2D eigenvalue weighted by molar-refractivity contribution is 5.91. The number of hydrogen-bond acceptors (Lipinski definition) is 4. The minimum absolute atomic E-state index is 0.143. The average molecular weight is 464 g/mol. The summed E-state index contributed by atoms with van der Waals surface area (Å²) in [6.07, 6.45) is -4.87. The van der Waals surface area contributed by atoms with Crippen LogP contribution in [0.25, 0.3) is 0 Å². The Morgan fingerprint density at radius 3 is 2.64 bits per heavy atom. The maximum absolute atomic E-state index is 14.4. The molecule has 0 spiro atoms. The molecule has 2 heterocycles. The molecule has 0 aromatic heterocycles. The molecule has 176 valence electrons. The van der Waals surface area contributed by atoms with Crippen molar-refractivity contribution in [3.05, 3.63) is 82.7 Å². The first kappa shape index (κ1) is 23.4. The third-order valence-corrected chi connectivity index (χ3v) is 5.78. The van der Waals surface area contributed by atoms with Crippen molar-refractivity contribution < 1.29 is 31.8 Å². The van der Waals surface area contributed by atoms with E-state index in [0.717, 1.165) is 23.3 Å². The second-order valence-corrected chi connectivity index (χ2v) is 8.10. The quantitative estimate of drug-likeness (QED) is 0.645. The standard InChI is InChI=1S/C24H24F4N2O3/c1-15(19-12-18(24(26,27)28)7-8-20(19)25)33-23-22(17-5-3-2-4-6-17)30(9-10-32-23)14-16-11-21(31)29-13-16/h2-8,11-12,15,22-23H,9-10,13-14H2,1H3,(H,29,31)/t15-,22+,23-/m1/s1. The summed E-state index contributed by atoms with van der Waals surface area (Å²) in [7, 11) is 0. The largest absolute Gasteiger partial charge is 0.416 e. The van der Waals surface area contributed by atoms with Crippen molar-refractivity contribution in [2.45, 2.75) is 31.5 Å². The highest BCUT2D eigenvalue weighted by Crippen LogP contribution is 2.36. The number of ether oxygens (including phenoxy) is 2. The third kappa shape index (κ3) is 5.43. The predicted octanol–water partition coefficient (Wildman–Crippen LogP) is 4.38. The van der Waals surface area contributed by atoms with Crippen molar-refractivity contribution in [3.8, 4) is 0 Å². The lowest BCUT2D eigenvalue weighted by Crippen LogP contribution is -2.47. The minimum atomic E-state index is -4.59. The number of rotatable bonds is 6. The second-order valence-electron chi connectivity index (χ2n) is 8.10. The number of alkyl halides is 3. The van der Waals surface area contributed by atoms with Gasteiger partial charge in [-0.2, -0.15) is 13.2 Å². The Labute approximate surface area is 189 Å². The van der Waals surface area contributed by atoms with Gasteiger partial charge in [0, 0.05) is 31.3 Å². The van der Waals surface area contributed by atoms with Gasteiger partial charge in [0.15, 0.2) is 6.29 Å². The summed E-state index contributed by atoms with van der Waals surface area (Å²) >= 11 is 0. The number of hydrogen-bond donors (Lipinski definition) is 1. The number of benzene rings is 2. The number of morpholine rings is 1. The zero-order valence-electron chi connectivity index (χ0n) is 17.9. The van der Waals surface area contributed by atoms with Gasteiger partial charge in [-0.25, -0.2) is 4.39 Å². The van der Waals surface area contributed by atoms with E-state index < -0.39 is 36.0 Å². The molecule has 0 aliphatic carbocycles. The molecule has 0 saturated carbocycles. The Morgan fingerprint density at radius 1 is 1.21 bits per heavy atom. The van der Waals surface area contributed by atoms with E-state index >= 15 is 0 Å². The van der Waals surface area contributed by atoms with Gasteiger partial charge in [-0.15, -0.1) is 0 Å². The average Bonchev–Trinajstić information content (AvgIpc) is 3.18. The highest BCUT2D eigenvalue weighted by Gasteiger charge is 2.37. The number of nitrogens with one attached hydrogen (secondary N) is 1. The summed E-state index contributed by atoms with van der Waals surface area (Å²) < 4.78 is 65.8. The lowest BCUT2D eigenvalue weighted by atomic mass is 10.0. The van der Waals surface area contributed by atoms with Crippen molar-refractivity contribution in [2.75, 3.05) is 26.2 Å². The van der Waals surface area contributed by atoms with Gasteiger partial charge in [0.2, 0.25) is 5.91 Å². The fraction of sp³-hybridized carbons (Fsp3) is 0.375. The van der Waals surface area contributed by atoms with Gasteiger partial charge in [0.25, 0.3) is 0 Å². The van der Waals surface area contributed by atoms with Gasteiger partial charge >= 0.3 is 6.18 Å². The summed E-state index contributed by atoms with van der Waals surface area (Å²) in [6, 6.07) is 11.3. The van der Waals surface area contributed by atoms with Crippen molar-refractivity contribution >= 4 is 5.91 Å². The van der Waals surface area contributed by atoms with Gasteiger partial charge in [-0.1, -0.05) is 30.3 Å². The topological polar surface area (TPSA) is 50.8 Å². The van der Waals surface area contributed by atoms with Crippen LogP contribution in [-0.2, 0) is 20.4 Å². The van der Waals surface area contributed by atoms with E-state index in [1.165, 1.54) is 6.92 Å². The first-order chi connectivity index (χ1) is 15.7. The van der Waals surface area contributed by atoms with Gasteiger partial charge in [-0.3, -0.25) is 9.69 Å². The van der Waals surface area contributed by atoms with Crippen LogP contribution in [0.4, 0.5) is 17.6 Å². The van der Waals surface area contributed by atoms with Gasteiger partial charge in [-0.05, 0) is 36.3 Å². The fourth-order valence-corrected chi connectivity index (χ4v) is 4.15. The molecule has 9 heteroatoms. The summed E-state index contributed by atoms with van der Waals surface area (Å²) in [5.41, 5.74) is 0.673. The number of halogens is 4. The number of carbonyl (C=O) groups excluding carboxylic acids is 1. The van der Waals surface area contributed by atoms with Crippen LogP contribution in [0.15, 0.2) is 60.2 Å². The van der Waals surface area contributed by atoms with E-state index in [2.05, 4.69) is 10.2 Å². The Morgan fingerprint density at radius 2 is 1.97 bits per heavy atom. The minimum Gasteiger partial charge on any atom is -0.349 e. The Bertz CT molecular complexity index is 1030. The zero-order chi connectivity index (χ0) is 23.6. The van der Waals surface area contributed by atoms with Gasteiger partial charge in [0.05, 0.1) is 24.3 Å². The van der Waals surface area contributed by atoms with Crippen molar-refractivity contribution in [3.63, 3.8) is 0 Å². The summed E-state index contributed by atoms with van der Waals surface area (Å²) in [5.74, 6) is -0.920. The predicted molar refractivity (Wildman–Crippen MR) is 112 cm³/mol. The normalized spacial score (nSPS) is 22.7. The van der Waals surface area contributed by atoms with Crippen LogP contribution in [0.5, 0.6) is 0 Å². The molecule has 2 aromatic carbocycles. The van der Waals surface area contributed by atoms with E-state index in [0.29, 0.717) is 32.3 Å². The van der Waals surface area contributed by atoms with Gasteiger partial charge in [0.1, 0.15) is 5.82 Å². The molecule has 1 saturated heterocycles. The van der Waals surface area contributed by atoms with Crippen LogP contribution in [0.3, 0.4) is 0 Å². The van der Waals surface area contributed by atoms with E-state index in [-0.39, 0.29) is 11.5 Å². The number of nitrogens with zero attached hydrogens (tertiary/aromatic N) is 1. The molecule has 1 amide bonds. The second kappa shape index (κ2) is 9.62. The van der Waals surface area contributed by atoms with Gasteiger partial charge < -0.3 is 14.8 Å². The fourth-order valence-electron chi connectivity index (χ4n) is 4.15. The molecule has 0 unspecified atom stereocenters. The molecular weight excluding hydrogens is 440 g/mol. The molecule has 2 aliphatic heterocycles. The van der Waals surface area contributed by atoms with Crippen LogP contribution in [-0.4, -0.2) is 43.3 Å². The molecule has 4 rings (SSSR count). The molecule has 5 nitrogen and oxygen atoms in total. The zero-order valence-corrected chi connectivity index (χ0v) is 17.9. The summed E-state index contributed by atoms with van der Waals surface area (Å²) in [5, 5.41) is 2.75. The number of carbonyl (C=O) groups is 1. The van der Waals surface area contributed by atoms with Crippen LogP contribution in [0.2, 0.25) is 0 Å². The van der Waals surface area contributed by atoms with Crippen LogP contribution in [0.1, 0.15) is 35.8 Å². The highest BCUT2D eigenvalue weighted by atomic mass is 19.4. The van der Waals surface area contributed by atoms with Crippen molar-refractivity contribution in [1.29, 1.82) is 0 Å². The molecular formula is C24H24F4N2O3. The lowest BCUT2D eigenvalue weighted by molar-refractivity contribution is -0.228. The van der Waals surface area contributed by atoms with E-state index in [4.69, 9.17) is 9.47 Å². The molecule has 1 N–H and O–H groups in total. The molecule has 2 aliphatic rings. The summed E-state index contributed by atoms with van der Waals surface area (Å²) in [4.78, 5) is 13.7. The molecule has 33 heavy (non-hydrogen) atoms. The Hall–Kier alpha value is -2.75. The molecule has 0 radical (unpaired) electrons. The molecule has 2 aromatic rings. The Kier molecular flexibility index (Phi) is 6.83.